The van der Waals surface area contributed by atoms with Gasteiger partial charge in [-0.05, 0) is 43.2 Å². The van der Waals surface area contributed by atoms with Crippen LogP contribution >= 0.6 is 11.6 Å². The predicted molar refractivity (Wildman–Crippen MR) is 167 cm³/mol. The highest BCUT2D eigenvalue weighted by Crippen LogP contribution is 2.35. The quantitative estimate of drug-likeness (QED) is 0.115. The van der Waals surface area contributed by atoms with E-state index in [1.807, 2.05) is 0 Å². The minimum atomic E-state index is -2.96. The third-order valence-corrected chi connectivity index (χ3v) is 7.54. The number of carbonyl (C=O) groups is 2. The normalized spacial score (nSPS) is 16.9. The van der Waals surface area contributed by atoms with Crippen LogP contribution in [0.15, 0.2) is 71.8 Å². The van der Waals surface area contributed by atoms with Gasteiger partial charge in [0.05, 0.1) is 52.7 Å². The van der Waals surface area contributed by atoms with Crippen molar-refractivity contribution >= 4 is 35.2 Å². The van der Waals surface area contributed by atoms with Crippen molar-refractivity contribution in [2.45, 2.75) is 46.2 Å². The van der Waals surface area contributed by atoms with Gasteiger partial charge < -0.3 is 11.1 Å². The second-order valence-electron chi connectivity index (χ2n) is 10.3. The second kappa shape index (κ2) is 13.8. The number of hydrogen-bond acceptors (Lipinski definition) is 9. The maximum atomic E-state index is 13.9. The first-order valence-electron chi connectivity index (χ1n) is 13.5. The van der Waals surface area contributed by atoms with Gasteiger partial charge >= 0.3 is 6.55 Å². The number of nitrogens with one attached hydrogen (secondary N) is 1. The lowest BCUT2D eigenvalue weighted by molar-refractivity contribution is -0.119. The number of alkyl halides is 2. The smallest absolute Gasteiger partial charge is 0.333 e. The number of hydrogen-bond donors (Lipinski definition) is 3. The molecule has 2 bridgehead atoms. The Kier molecular flexibility index (Phi) is 10.1. The molecular weight excluding hydrogens is 608 g/mol. The number of aldehydes is 1. The molecule has 0 radical (unpaired) electrons. The number of pyridine rings is 1. The first kappa shape index (κ1) is 33.0. The number of benzene rings is 1. The van der Waals surface area contributed by atoms with Crippen LogP contribution in [0.25, 0.3) is 22.5 Å². The molecule has 5 rings (SSSR count). The molecule has 0 spiro atoms. The molecule has 12 nitrogen and oxygen atoms in total. The third-order valence-electron chi connectivity index (χ3n) is 7.31. The van der Waals surface area contributed by atoms with Gasteiger partial charge in [0, 0.05) is 40.5 Å². The Bertz CT molecular complexity index is 1810. The van der Waals surface area contributed by atoms with Crippen LogP contribution in [0.3, 0.4) is 0 Å². The maximum absolute atomic E-state index is 13.9. The largest absolute Gasteiger partial charge is 0.395 e. The molecule has 1 aromatic carbocycles. The fraction of sp³-hybridized carbons (Fsp3) is 0.267. The molecule has 1 aliphatic rings. The van der Waals surface area contributed by atoms with Crippen molar-refractivity contribution in [3.05, 3.63) is 88.1 Å². The van der Waals surface area contributed by atoms with E-state index in [0.717, 1.165) is 5.01 Å². The van der Waals surface area contributed by atoms with Crippen molar-refractivity contribution in [3.8, 4) is 22.5 Å². The molecule has 0 saturated heterocycles. The highest BCUT2D eigenvalue weighted by atomic mass is 35.5. The molecule has 1 aliphatic heterocycles. The van der Waals surface area contributed by atoms with Crippen LogP contribution in [-0.2, 0) is 9.59 Å². The average Bonchev–Trinajstić information content (AvgIpc) is 3.42. The van der Waals surface area contributed by atoms with Crippen LogP contribution in [-0.4, -0.2) is 36.5 Å². The van der Waals surface area contributed by atoms with Crippen molar-refractivity contribution in [3.63, 3.8) is 0 Å². The van der Waals surface area contributed by atoms with Gasteiger partial charge in [0.25, 0.3) is 5.56 Å². The summed E-state index contributed by atoms with van der Waals surface area (Å²) in [5.74, 6) is 5.35. The first-order valence-corrected chi connectivity index (χ1v) is 13.9. The summed E-state index contributed by atoms with van der Waals surface area (Å²) >= 11 is 6.25. The molecular formula is C30H32ClF2N9O3. The van der Waals surface area contributed by atoms with Crippen LogP contribution in [0.4, 0.5) is 20.2 Å². The topological polar surface area (TPSA) is 167 Å². The lowest BCUT2D eigenvalue weighted by Gasteiger charge is -2.23. The standard InChI is InChI=1S/C29H28ClF2N9O3.CH4/c1-16-3-2-4-25(22-9-17(7-8-35-22)27-23(38-28(16)44)12-37-41(27)29(31)32)39-15-36-21(11-26(39)43)20-10-18(30)5-6-24(20)40(34)13-19(33)14-42;/h5-16,25,29H,2-4,33-34H2,1H3,(H,38,44);1H4/b19-13-;. The fourth-order valence-corrected chi connectivity index (χ4v) is 5.26. The van der Waals surface area contributed by atoms with Gasteiger partial charge in [-0.15, -0.1) is 0 Å². The number of nitrogens with zero attached hydrogens (tertiary/aromatic N) is 6. The molecule has 2 unspecified atom stereocenters. The Morgan fingerprint density at radius 1 is 1.18 bits per heavy atom. The summed E-state index contributed by atoms with van der Waals surface area (Å²) in [4.78, 5) is 46.6. The molecule has 4 heterocycles. The van der Waals surface area contributed by atoms with E-state index < -0.39 is 24.1 Å². The van der Waals surface area contributed by atoms with Crippen molar-refractivity contribution in [2.75, 3.05) is 10.3 Å². The van der Waals surface area contributed by atoms with Crippen LogP contribution in [0.2, 0.25) is 5.02 Å². The Morgan fingerprint density at radius 2 is 1.96 bits per heavy atom. The number of amides is 1. The SMILES string of the molecule is C.CC1CCCC(n2cnc(-c3cc(Cl)ccc3N(N)/C=C(\N)C=O)cc2=O)c2cc(ccn2)-c2c(cnn2C(F)F)NC1=O. The summed E-state index contributed by atoms with van der Waals surface area (Å²) in [5, 5.41) is 8.00. The van der Waals surface area contributed by atoms with E-state index in [9.17, 15) is 23.2 Å². The van der Waals surface area contributed by atoms with E-state index in [0.29, 0.717) is 57.8 Å². The molecule has 0 aliphatic carbocycles. The van der Waals surface area contributed by atoms with Crippen molar-refractivity contribution in [1.29, 1.82) is 0 Å². The Labute approximate surface area is 262 Å². The van der Waals surface area contributed by atoms with Gasteiger partial charge in [0.15, 0.2) is 6.29 Å². The molecule has 15 heteroatoms. The minimum absolute atomic E-state index is 0. The maximum Gasteiger partial charge on any atom is 0.333 e. The molecule has 0 fully saturated rings. The Hall–Kier alpha value is -4.95. The number of fused-ring (bicyclic) bond motifs is 4. The zero-order valence-electron chi connectivity index (χ0n) is 23.4. The van der Waals surface area contributed by atoms with Gasteiger partial charge in [-0.1, -0.05) is 32.4 Å². The van der Waals surface area contributed by atoms with Crippen molar-refractivity contribution < 1.29 is 18.4 Å². The summed E-state index contributed by atoms with van der Waals surface area (Å²) in [7, 11) is 0. The summed E-state index contributed by atoms with van der Waals surface area (Å²) in [6.45, 7) is -1.21. The summed E-state index contributed by atoms with van der Waals surface area (Å²) in [5.41, 5.74) is 7.05. The molecule has 3 aromatic heterocycles. The Balaban J connectivity index is 0.00000461. The molecule has 2 atom stereocenters. The molecule has 4 aromatic rings. The molecule has 45 heavy (non-hydrogen) atoms. The number of hydrazine groups is 1. The van der Waals surface area contributed by atoms with Gasteiger partial charge in [-0.3, -0.25) is 28.9 Å². The number of allylic oxidation sites excluding steroid dienone is 1. The number of nitrogens with two attached hydrogens (primary N) is 2. The van der Waals surface area contributed by atoms with Crippen LogP contribution in [0.1, 0.15) is 51.9 Å². The number of halogens is 3. The molecule has 1 amide bonds. The van der Waals surface area contributed by atoms with Crippen LogP contribution in [0, 0.1) is 5.92 Å². The van der Waals surface area contributed by atoms with E-state index in [4.69, 9.17) is 23.2 Å². The highest BCUT2D eigenvalue weighted by molar-refractivity contribution is 6.31. The van der Waals surface area contributed by atoms with E-state index in [2.05, 4.69) is 20.4 Å². The van der Waals surface area contributed by atoms with Gasteiger partial charge in [0.2, 0.25) is 5.91 Å². The number of rotatable bonds is 6. The number of anilines is 2. The fourth-order valence-electron chi connectivity index (χ4n) is 5.09. The lowest BCUT2D eigenvalue weighted by atomic mass is 9.97. The zero-order chi connectivity index (χ0) is 31.5. The van der Waals surface area contributed by atoms with Crippen LogP contribution < -0.4 is 27.5 Å². The van der Waals surface area contributed by atoms with Crippen molar-refractivity contribution in [2.24, 2.45) is 17.5 Å². The van der Waals surface area contributed by atoms with E-state index in [1.165, 1.54) is 41.6 Å². The molecule has 0 saturated carbocycles. The third kappa shape index (κ3) is 6.91. The van der Waals surface area contributed by atoms with Crippen LogP contribution in [0.5, 0.6) is 0 Å². The highest BCUT2D eigenvalue weighted by Gasteiger charge is 2.26. The number of aromatic nitrogens is 5. The van der Waals surface area contributed by atoms with Crippen molar-refractivity contribution in [1.82, 2.24) is 24.3 Å². The van der Waals surface area contributed by atoms with Gasteiger partial charge in [-0.2, -0.15) is 13.9 Å². The first-order chi connectivity index (χ1) is 21.1. The van der Waals surface area contributed by atoms with Gasteiger partial charge in [-0.25, -0.2) is 15.5 Å². The second-order valence-corrected chi connectivity index (χ2v) is 10.7. The summed E-state index contributed by atoms with van der Waals surface area (Å²) < 4.78 is 29.8. The van der Waals surface area contributed by atoms with E-state index in [1.54, 1.807) is 31.2 Å². The lowest BCUT2D eigenvalue weighted by Crippen LogP contribution is -2.28. The van der Waals surface area contributed by atoms with E-state index >= 15 is 0 Å². The minimum Gasteiger partial charge on any atom is -0.395 e. The molecule has 236 valence electrons. The average molecular weight is 640 g/mol. The zero-order valence-corrected chi connectivity index (χ0v) is 24.2. The monoisotopic (exact) mass is 639 g/mol. The van der Waals surface area contributed by atoms with Gasteiger partial charge in [0.1, 0.15) is 0 Å². The Morgan fingerprint density at radius 3 is 2.67 bits per heavy atom. The molecule has 5 N–H and O–H groups in total. The number of carbonyl (C=O) groups excluding carboxylic acids is 2. The predicted octanol–water partition coefficient (Wildman–Crippen LogP) is 4.88. The summed E-state index contributed by atoms with van der Waals surface area (Å²) in [6.07, 6.45) is 7.11. The van der Waals surface area contributed by atoms with E-state index in [-0.39, 0.29) is 36.1 Å². The summed E-state index contributed by atoms with van der Waals surface area (Å²) in [6, 6.07) is 8.58.